The third-order valence-electron chi connectivity index (χ3n) is 3.35. The van der Waals surface area contributed by atoms with Crippen molar-refractivity contribution in [1.29, 1.82) is 0 Å². The van der Waals surface area contributed by atoms with Crippen LogP contribution in [0, 0.1) is 6.92 Å². The van der Waals surface area contributed by atoms with E-state index in [1.807, 2.05) is 25.1 Å². The van der Waals surface area contributed by atoms with Crippen molar-refractivity contribution in [3.05, 3.63) is 59.9 Å². The first-order chi connectivity index (χ1) is 9.28. The van der Waals surface area contributed by atoms with Crippen molar-refractivity contribution in [2.24, 2.45) is 0 Å². The van der Waals surface area contributed by atoms with E-state index in [0.29, 0.717) is 0 Å². The van der Waals surface area contributed by atoms with Crippen molar-refractivity contribution in [3.8, 4) is 11.3 Å². The molecule has 0 radical (unpaired) electrons. The fraction of sp³-hybridized carbons (Fsp3) is 0.176. The fourth-order valence-corrected chi connectivity index (χ4v) is 2.31. The lowest BCUT2D eigenvalue weighted by Crippen LogP contribution is -1.94. The Balaban J connectivity index is 2.22. The van der Waals surface area contributed by atoms with Crippen LogP contribution in [0.3, 0.4) is 0 Å². The van der Waals surface area contributed by atoms with E-state index >= 15 is 0 Å². The van der Waals surface area contributed by atoms with E-state index in [1.54, 1.807) is 0 Å². The molecule has 0 unspecified atom stereocenters. The summed E-state index contributed by atoms with van der Waals surface area (Å²) in [6.45, 7) is 4.11. The van der Waals surface area contributed by atoms with Crippen LogP contribution in [0.1, 0.15) is 18.3 Å². The zero-order valence-electron chi connectivity index (χ0n) is 11.2. The maximum atomic E-state index is 4.62. The highest BCUT2D eigenvalue weighted by atomic mass is 14.9. The van der Waals surface area contributed by atoms with Crippen molar-refractivity contribution >= 4 is 10.9 Å². The Morgan fingerprint density at radius 3 is 2.37 bits per heavy atom. The summed E-state index contributed by atoms with van der Waals surface area (Å²) in [5, 5.41) is 1.11. The van der Waals surface area contributed by atoms with Crippen LogP contribution in [0.25, 0.3) is 22.2 Å². The minimum atomic E-state index is 0.813. The van der Waals surface area contributed by atoms with E-state index in [1.165, 1.54) is 5.56 Å². The first kappa shape index (κ1) is 11.8. The van der Waals surface area contributed by atoms with Crippen LogP contribution in [0.2, 0.25) is 0 Å². The minimum Gasteiger partial charge on any atom is -0.233 e. The van der Waals surface area contributed by atoms with Crippen LogP contribution < -0.4 is 0 Å². The molecule has 19 heavy (non-hydrogen) atoms. The predicted octanol–water partition coefficient (Wildman–Crippen LogP) is 4.17. The second-order valence-electron chi connectivity index (χ2n) is 4.69. The van der Waals surface area contributed by atoms with Gasteiger partial charge in [0.05, 0.1) is 11.2 Å². The second kappa shape index (κ2) is 4.81. The standard InChI is InChI=1S/C17H16N2/c1-3-13-8-10-14(11-9-13)17-15-6-4-5-7-16(15)18-12(2)19-17/h4-11H,3H2,1-2H3. The largest absolute Gasteiger partial charge is 0.233 e. The van der Waals surface area contributed by atoms with E-state index in [9.17, 15) is 0 Å². The van der Waals surface area contributed by atoms with Crippen molar-refractivity contribution in [2.75, 3.05) is 0 Å². The Kier molecular flexibility index (Phi) is 3.00. The number of para-hydroxylation sites is 1. The quantitative estimate of drug-likeness (QED) is 0.680. The normalized spacial score (nSPS) is 10.8. The van der Waals surface area contributed by atoms with E-state index in [0.717, 1.165) is 34.4 Å². The van der Waals surface area contributed by atoms with Gasteiger partial charge in [-0.2, -0.15) is 0 Å². The van der Waals surface area contributed by atoms with Crippen molar-refractivity contribution < 1.29 is 0 Å². The summed E-state index contributed by atoms with van der Waals surface area (Å²) in [5.41, 5.74) is 4.52. The molecule has 0 aliphatic rings. The maximum Gasteiger partial charge on any atom is 0.126 e. The zero-order chi connectivity index (χ0) is 13.2. The first-order valence-corrected chi connectivity index (χ1v) is 6.60. The summed E-state index contributed by atoms with van der Waals surface area (Å²) >= 11 is 0. The highest BCUT2D eigenvalue weighted by molar-refractivity contribution is 5.92. The molecule has 2 aromatic carbocycles. The van der Waals surface area contributed by atoms with Gasteiger partial charge < -0.3 is 0 Å². The molecule has 0 spiro atoms. The van der Waals surface area contributed by atoms with Crippen molar-refractivity contribution in [1.82, 2.24) is 9.97 Å². The molecule has 0 atom stereocenters. The van der Waals surface area contributed by atoms with Crippen LogP contribution in [-0.4, -0.2) is 9.97 Å². The molecule has 1 heterocycles. The Labute approximate surface area is 113 Å². The van der Waals surface area contributed by atoms with E-state index in [2.05, 4.69) is 47.2 Å². The van der Waals surface area contributed by atoms with Gasteiger partial charge in [0.2, 0.25) is 0 Å². The molecule has 3 aromatic rings. The lowest BCUT2D eigenvalue weighted by Gasteiger charge is -2.07. The van der Waals surface area contributed by atoms with Gasteiger partial charge in [-0.3, -0.25) is 0 Å². The molecule has 0 aliphatic carbocycles. The third-order valence-corrected chi connectivity index (χ3v) is 3.35. The van der Waals surface area contributed by atoms with Gasteiger partial charge in [0.25, 0.3) is 0 Å². The topological polar surface area (TPSA) is 25.8 Å². The van der Waals surface area contributed by atoms with E-state index in [4.69, 9.17) is 0 Å². The van der Waals surface area contributed by atoms with Gasteiger partial charge in [0.15, 0.2) is 0 Å². The van der Waals surface area contributed by atoms with E-state index in [-0.39, 0.29) is 0 Å². The molecule has 3 rings (SSSR count). The van der Waals surface area contributed by atoms with Crippen LogP contribution in [0.15, 0.2) is 48.5 Å². The Hall–Kier alpha value is -2.22. The number of nitrogens with zero attached hydrogens (tertiary/aromatic N) is 2. The van der Waals surface area contributed by atoms with Gasteiger partial charge in [-0.15, -0.1) is 0 Å². The molecule has 0 amide bonds. The zero-order valence-corrected chi connectivity index (χ0v) is 11.2. The summed E-state index contributed by atoms with van der Waals surface area (Å²) in [5.74, 6) is 0.813. The maximum absolute atomic E-state index is 4.62. The summed E-state index contributed by atoms with van der Waals surface area (Å²) in [7, 11) is 0. The number of aromatic nitrogens is 2. The number of rotatable bonds is 2. The summed E-state index contributed by atoms with van der Waals surface area (Å²) in [4.78, 5) is 9.10. The van der Waals surface area contributed by atoms with Crippen LogP contribution in [0.4, 0.5) is 0 Å². The van der Waals surface area contributed by atoms with Gasteiger partial charge in [-0.25, -0.2) is 9.97 Å². The second-order valence-corrected chi connectivity index (χ2v) is 4.69. The molecule has 0 saturated carbocycles. The highest BCUT2D eigenvalue weighted by Gasteiger charge is 2.07. The molecule has 0 bridgehead atoms. The Morgan fingerprint density at radius 2 is 1.63 bits per heavy atom. The monoisotopic (exact) mass is 248 g/mol. The van der Waals surface area contributed by atoms with Gasteiger partial charge in [-0.05, 0) is 25.0 Å². The number of benzene rings is 2. The average Bonchev–Trinajstić information content (AvgIpc) is 2.46. The molecule has 94 valence electrons. The van der Waals surface area contributed by atoms with Gasteiger partial charge in [0, 0.05) is 10.9 Å². The van der Waals surface area contributed by atoms with E-state index < -0.39 is 0 Å². The lowest BCUT2D eigenvalue weighted by molar-refractivity contribution is 1.09. The van der Waals surface area contributed by atoms with Gasteiger partial charge in [-0.1, -0.05) is 49.4 Å². The highest BCUT2D eigenvalue weighted by Crippen LogP contribution is 2.26. The lowest BCUT2D eigenvalue weighted by atomic mass is 10.0. The van der Waals surface area contributed by atoms with Crippen molar-refractivity contribution in [3.63, 3.8) is 0 Å². The molecule has 0 N–H and O–H groups in total. The third kappa shape index (κ3) is 2.22. The number of fused-ring (bicyclic) bond motifs is 1. The van der Waals surface area contributed by atoms with Gasteiger partial charge >= 0.3 is 0 Å². The van der Waals surface area contributed by atoms with Crippen LogP contribution in [0.5, 0.6) is 0 Å². The Bertz CT molecular complexity index is 715. The fourth-order valence-electron chi connectivity index (χ4n) is 2.31. The minimum absolute atomic E-state index is 0.813. The van der Waals surface area contributed by atoms with Crippen LogP contribution in [-0.2, 0) is 6.42 Å². The van der Waals surface area contributed by atoms with Crippen molar-refractivity contribution in [2.45, 2.75) is 20.3 Å². The number of hydrogen-bond acceptors (Lipinski definition) is 2. The number of hydrogen-bond donors (Lipinski definition) is 0. The molecule has 0 aliphatic heterocycles. The summed E-state index contributed by atoms with van der Waals surface area (Å²) in [6.07, 6.45) is 1.06. The average molecular weight is 248 g/mol. The molecule has 2 heteroatoms. The molecular formula is C17H16N2. The molecule has 2 nitrogen and oxygen atoms in total. The Morgan fingerprint density at radius 1 is 0.895 bits per heavy atom. The summed E-state index contributed by atoms with van der Waals surface area (Å²) in [6, 6.07) is 16.8. The SMILES string of the molecule is CCc1ccc(-c2nc(C)nc3ccccc23)cc1. The molecule has 1 aromatic heterocycles. The predicted molar refractivity (Wildman–Crippen MR) is 79.1 cm³/mol. The van der Waals surface area contributed by atoms with Gasteiger partial charge in [0.1, 0.15) is 5.82 Å². The molecule has 0 saturated heterocycles. The van der Waals surface area contributed by atoms with Crippen LogP contribution >= 0.6 is 0 Å². The molecular weight excluding hydrogens is 232 g/mol. The molecule has 0 fully saturated rings. The first-order valence-electron chi connectivity index (χ1n) is 6.60. The smallest absolute Gasteiger partial charge is 0.126 e. The number of aryl methyl sites for hydroxylation is 2. The summed E-state index contributed by atoms with van der Waals surface area (Å²) < 4.78 is 0.